The number of hydrogen-bond donors (Lipinski definition) is 1. The highest BCUT2D eigenvalue weighted by Crippen LogP contribution is 2.24. The largest absolute Gasteiger partial charge is 0.493 e. The maximum absolute atomic E-state index is 6.12. The van der Waals surface area contributed by atoms with Crippen LogP contribution in [0.5, 0.6) is 17.2 Å². The molecule has 1 aliphatic rings. The minimum Gasteiger partial charge on any atom is -0.493 e. The Morgan fingerprint density at radius 3 is 2.58 bits per heavy atom. The number of fused-ring (bicyclic) bond motifs is 1. The van der Waals surface area contributed by atoms with Gasteiger partial charge in [0.1, 0.15) is 11.5 Å². The van der Waals surface area contributed by atoms with Gasteiger partial charge in [-0.1, -0.05) is 12.1 Å². The summed E-state index contributed by atoms with van der Waals surface area (Å²) in [5, 5.41) is 1.67. The summed E-state index contributed by atoms with van der Waals surface area (Å²) >= 11 is 0. The normalized spacial score (nSPS) is 13.3. The van der Waals surface area contributed by atoms with Crippen LogP contribution >= 0.6 is 0 Å². The molecule has 0 saturated heterocycles. The molecule has 0 amide bonds. The van der Waals surface area contributed by atoms with E-state index >= 15 is 0 Å². The van der Waals surface area contributed by atoms with Crippen LogP contribution in [0.3, 0.4) is 0 Å². The quantitative estimate of drug-likeness (QED) is 0.877. The van der Waals surface area contributed by atoms with E-state index in [-0.39, 0.29) is 0 Å². The van der Waals surface area contributed by atoms with Crippen LogP contribution in [0.4, 0.5) is 5.69 Å². The molecule has 1 heterocycles. The van der Waals surface area contributed by atoms with Crippen molar-refractivity contribution in [3.8, 4) is 17.2 Å². The Morgan fingerprint density at radius 1 is 1.04 bits per heavy atom. The van der Waals surface area contributed by atoms with Crippen LogP contribution in [0.1, 0.15) is 12.8 Å². The van der Waals surface area contributed by atoms with Crippen LogP contribution in [0.2, 0.25) is 0 Å². The maximum atomic E-state index is 6.12. The summed E-state index contributed by atoms with van der Waals surface area (Å²) in [6.07, 6.45) is 5.42. The molecule has 2 N–H and O–H groups in total. The number of methoxy groups -OCH3 is 2. The minimum atomic E-state index is 0.636. The molecule has 124 valence electrons. The van der Waals surface area contributed by atoms with Crippen molar-refractivity contribution in [3.63, 3.8) is 0 Å². The second kappa shape index (κ2) is 7.08. The van der Waals surface area contributed by atoms with Gasteiger partial charge < -0.3 is 19.9 Å². The van der Waals surface area contributed by atoms with E-state index in [0.29, 0.717) is 22.9 Å². The average molecular weight is 324 g/mol. The van der Waals surface area contributed by atoms with Crippen molar-refractivity contribution in [1.82, 2.24) is 0 Å². The Labute approximate surface area is 140 Å². The van der Waals surface area contributed by atoms with Gasteiger partial charge in [-0.25, -0.2) is 0 Å². The van der Waals surface area contributed by atoms with Gasteiger partial charge >= 0.3 is 0 Å². The van der Waals surface area contributed by atoms with E-state index in [2.05, 4.69) is 4.99 Å². The zero-order valence-electron chi connectivity index (χ0n) is 13.8. The molecule has 5 heteroatoms. The summed E-state index contributed by atoms with van der Waals surface area (Å²) in [5.41, 5.74) is 6.51. The van der Waals surface area contributed by atoms with E-state index in [1.54, 1.807) is 20.3 Å². The lowest BCUT2D eigenvalue weighted by atomic mass is 10.1. The summed E-state index contributed by atoms with van der Waals surface area (Å²) in [7, 11) is 3.22. The monoisotopic (exact) mass is 324 g/mol. The summed E-state index contributed by atoms with van der Waals surface area (Å²) in [5.74, 6) is 2.81. The number of rotatable bonds is 4. The number of anilines is 1. The molecule has 0 bridgehead atoms. The van der Waals surface area contributed by atoms with E-state index in [1.165, 1.54) is 0 Å². The Kier molecular flexibility index (Phi) is 4.70. The summed E-state index contributed by atoms with van der Waals surface area (Å²) in [4.78, 5) is 4.50. The average Bonchev–Trinajstić information content (AvgIpc) is 2.58. The smallest absolute Gasteiger partial charge is 0.162 e. The molecule has 0 radical (unpaired) electrons. The molecule has 2 aromatic rings. The predicted octanol–water partition coefficient (Wildman–Crippen LogP) is 2.40. The predicted molar refractivity (Wildman–Crippen MR) is 93.6 cm³/mol. The molecule has 0 spiro atoms. The van der Waals surface area contributed by atoms with Gasteiger partial charge in [0.2, 0.25) is 0 Å². The Balaban J connectivity index is 2.19. The van der Waals surface area contributed by atoms with Gasteiger partial charge in [-0.05, 0) is 24.6 Å². The van der Waals surface area contributed by atoms with Crippen LogP contribution in [0, 0.1) is 0 Å². The van der Waals surface area contributed by atoms with Gasteiger partial charge in [0.05, 0.1) is 19.6 Å². The first-order chi connectivity index (χ1) is 11.7. The molecule has 0 aliphatic carbocycles. The molecule has 3 rings (SSSR count). The van der Waals surface area contributed by atoms with E-state index in [4.69, 9.17) is 19.9 Å². The first-order valence-electron chi connectivity index (χ1n) is 7.72. The second-order valence-electron chi connectivity index (χ2n) is 5.37. The van der Waals surface area contributed by atoms with Gasteiger partial charge in [0, 0.05) is 35.7 Å². The highest BCUT2D eigenvalue weighted by Gasteiger charge is 2.10. The topological polar surface area (TPSA) is 66.1 Å². The lowest BCUT2D eigenvalue weighted by molar-refractivity contribution is 0.354. The van der Waals surface area contributed by atoms with Gasteiger partial charge in [0.15, 0.2) is 11.5 Å². The number of nitrogens with two attached hydrogens (primary N) is 1. The van der Waals surface area contributed by atoms with E-state index in [0.717, 1.165) is 29.2 Å². The summed E-state index contributed by atoms with van der Waals surface area (Å²) in [6.45, 7) is 0. The number of ether oxygens (including phenoxy) is 3. The van der Waals surface area contributed by atoms with Gasteiger partial charge in [0.25, 0.3) is 0 Å². The third-order valence-electron chi connectivity index (χ3n) is 3.76. The van der Waals surface area contributed by atoms with Crippen molar-refractivity contribution in [3.05, 3.63) is 59.3 Å². The van der Waals surface area contributed by atoms with Gasteiger partial charge in [-0.15, -0.1) is 0 Å². The zero-order valence-corrected chi connectivity index (χ0v) is 13.8. The Morgan fingerprint density at radius 2 is 1.83 bits per heavy atom. The molecular weight excluding hydrogens is 304 g/mol. The number of benzene rings is 2. The standard InChI is InChI=1S/C19H20N2O3/c1-22-18-11-15-16(12-19(18)23-2)21-9-4-3-8-17(15)24-14-7-5-6-13(20)10-14/h4-7,9-12H,3,8,20H2,1-2H3. The third-order valence-corrected chi connectivity index (χ3v) is 3.76. The summed E-state index contributed by atoms with van der Waals surface area (Å²) in [6, 6.07) is 11.1. The van der Waals surface area contributed by atoms with Gasteiger partial charge in [-0.3, -0.25) is 4.99 Å². The van der Waals surface area contributed by atoms with Crippen molar-refractivity contribution in [2.45, 2.75) is 12.8 Å². The molecule has 2 aromatic carbocycles. The fraction of sp³-hybridized carbons (Fsp3) is 0.211. The van der Waals surface area contributed by atoms with Crippen molar-refractivity contribution in [2.24, 2.45) is 4.99 Å². The zero-order chi connectivity index (χ0) is 16.9. The lowest BCUT2D eigenvalue weighted by Gasteiger charge is -2.13. The maximum Gasteiger partial charge on any atom is 0.162 e. The first kappa shape index (κ1) is 15.9. The third kappa shape index (κ3) is 3.35. The Bertz CT molecular complexity index is 888. The number of nitrogen functional groups attached to an aromatic ring is 1. The molecule has 24 heavy (non-hydrogen) atoms. The van der Waals surface area contributed by atoms with Crippen LogP contribution < -0.4 is 30.5 Å². The van der Waals surface area contributed by atoms with Crippen LogP contribution in [0.15, 0.2) is 53.7 Å². The number of hydrogen-bond acceptors (Lipinski definition) is 5. The van der Waals surface area contributed by atoms with Crippen molar-refractivity contribution in [1.29, 1.82) is 0 Å². The highest BCUT2D eigenvalue weighted by molar-refractivity contribution is 5.51. The van der Waals surface area contributed by atoms with Gasteiger partial charge in [-0.2, -0.15) is 0 Å². The highest BCUT2D eigenvalue weighted by atomic mass is 16.5. The molecule has 0 aromatic heterocycles. The Hall–Kier alpha value is -2.95. The van der Waals surface area contributed by atoms with Crippen molar-refractivity contribution >= 4 is 11.4 Å². The lowest BCUT2D eigenvalue weighted by Crippen LogP contribution is -2.30. The molecule has 1 aliphatic heterocycles. The first-order valence-corrected chi connectivity index (χ1v) is 7.72. The minimum absolute atomic E-state index is 0.636. The molecular formula is C19H20N2O3. The fourth-order valence-electron chi connectivity index (χ4n) is 2.58. The van der Waals surface area contributed by atoms with Crippen molar-refractivity contribution in [2.75, 3.05) is 20.0 Å². The molecule has 0 fully saturated rings. The van der Waals surface area contributed by atoms with Crippen molar-refractivity contribution < 1.29 is 14.2 Å². The fourth-order valence-corrected chi connectivity index (χ4v) is 2.58. The number of nitrogens with zero attached hydrogens (tertiary/aromatic N) is 1. The number of allylic oxidation sites excluding steroid dienone is 1. The molecule has 5 nitrogen and oxygen atoms in total. The van der Waals surface area contributed by atoms with Crippen LogP contribution in [0.25, 0.3) is 5.76 Å². The van der Waals surface area contributed by atoms with Crippen LogP contribution in [-0.2, 0) is 0 Å². The molecule has 0 unspecified atom stereocenters. The van der Waals surface area contributed by atoms with E-state index < -0.39 is 0 Å². The second-order valence-corrected chi connectivity index (χ2v) is 5.37. The van der Waals surface area contributed by atoms with Crippen LogP contribution in [-0.4, -0.2) is 14.2 Å². The molecule has 0 saturated carbocycles. The van der Waals surface area contributed by atoms with E-state index in [9.17, 15) is 0 Å². The summed E-state index contributed by atoms with van der Waals surface area (Å²) < 4.78 is 16.9. The van der Waals surface area contributed by atoms with E-state index in [1.807, 2.05) is 42.6 Å². The molecule has 0 atom stereocenters. The SMILES string of the molecule is COc1cc2c(cc1OC)=C(Oc1cccc(N)c1)CCC=CN=2.